The van der Waals surface area contributed by atoms with E-state index in [9.17, 15) is 4.57 Å². The van der Waals surface area contributed by atoms with Crippen LogP contribution in [0.15, 0.2) is 6.33 Å². The van der Waals surface area contributed by atoms with E-state index in [-0.39, 0.29) is 6.10 Å². The number of anilines is 2. The van der Waals surface area contributed by atoms with E-state index in [0.717, 1.165) is 12.1 Å². The van der Waals surface area contributed by atoms with Crippen LogP contribution in [0, 0.1) is 0 Å². The van der Waals surface area contributed by atoms with Crippen LogP contribution in [0.25, 0.3) is 11.2 Å². The fourth-order valence-corrected chi connectivity index (χ4v) is 2.62. The minimum Gasteiger partial charge on any atom is -0.367 e. The van der Waals surface area contributed by atoms with E-state index in [1.54, 1.807) is 13.3 Å². The van der Waals surface area contributed by atoms with Crippen molar-refractivity contribution < 1.29 is 23.7 Å². The molecule has 11 heteroatoms. The topological polar surface area (TPSA) is 127 Å². The van der Waals surface area contributed by atoms with Crippen molar-refractivity contribution in [3.05, 3.63) is 6.33 Å². The van der Waals surface area contributed by atoms with Crippen LogP contribution in [0.2, 0.25) is 0 Å². The average Bonchev–Trinajstić information content (AvgIpc) is 2.88. The van der Waals surface area contributed by atoms with E-state index in [2.05, 4.69) is 20.3 Å². The molecule has 0 radical (unpaired) electrons. The van der Waals surface area contributed by atoms with Crippen molar-refractivity contribution in [2.24, 2.45) is 0 Å². The lowest BCUT2D eigenvalue weighted by Gasteiger charge is -2.12. The Labute approximate surface area is 140 Å². The van der Waals surface area contributed by atoms with Gasteiger partial charge >= 0.3 is 19.2 Å². The highest BCUT2D eigenvalue weighted by molar-refractivity contribution is 7.51. The Morgan fingerprint density at radius 1 is 1.46 bits per heavy atom. The third-order valence-corrected chi connectivity index (χ3v) is 3.73. The van der Waals surface area contributed by atoms with Gasteiger partial charge in [-0.1, -0.05) is 4.98 Å². The zero-order valence-corrected chi connectivity index (χ0v) is 15.1. The van der Waals surface area contributed by atoms with Crippen LogP contribution in [-0.2, 0) is 15.8 Å². The van der Waals surface area contributed by atoms with Gasteiger partial charge in [0.2, 0.25) is 5.52 Å². The summed E-state index contributed by atoms with van der Waals surface area (Å²) < 4.78 is 18.0. The van der Waals surface area contributed by atoms with Gasteiger partial charge in [0.1, 0.15) is 6.35 Å². The van der Waals surface area contributed by atoms with E-state index in [1.807, 2.05) is 30.5 Å². The van der Waals surface area contributed by atoms with Crippen LogP contribution >= 0.6 is 7.60 Å². The van der Waals surface area contributed by atoms with E-state index < -0.39 is 13.9 Å². The number of imidazole rings is 1. The molecule has 0 fully saturated rings. The van der Waals surface area contributed by atoms with Gasteiger partial charge < -0.3 is 24.7 Å². The number of ether oxygens (including phenoxy) is 1. The van der Waals surface area contributed by atoms with E-state index in [0.29, 0.717) is 24.0 Å². The lowest BCUT2D eigenvalue weighted by atomic mass is 10.4. The Hall–Kier alpha value is -1.74. The maximum atomic E-state index is 10.9. The van der Waals surface area contributed by atoms with Gasteiger partial charge in [0.05, 0.1) is 12.6 Å². The number of nitrogens with zero attached hydrogens (tertiary/aromatic N) is 4. The minimum absolute atomic E-state index is 0.387. The van der Waals surface area contributed by atoms with Crippen LogP contribution in [-0.4, -0.2) is 57.8 Å². The second kappa shape index (κ2) is 7.43. The van der Waals surface area contributed by atoms with Crippen molar-refractivity contribution in [3.8, 4) is 0 Å². The number of fused-ring (bicyclic) bond motifs is 1. The molecule has 0 aliphatic carbocycles. The van der Waals surface area contributed by atoms with E-state index in [1.165, 1.54) is 0 Å². The molecule has 0 unspecified atom stereocenters. The smallest absolute Gasteiger partial charge is 0.350 e. The number of aromatic nitrogens is 4. The van der Waals surface area contributed by atoms with Crippen LogP contribution < -0.4 is 14.8 Å². The zero-order chi connectivity index (χ0) is 17.9. The van der Waals surface area contributed by atoms with Gasteiger partial charge in [0.15, 0.2) is 12.1 Å². The first-order valence-corrected chi connectivity index (χ1v) is 9.37. The SMILES string of the molecule is CCNc1nc(N(C)C)nc2c1[nH]c[n+]2C[C@@H](C)OCP(=O)(O)O. The lowest BCUT2D eigenvalue weighted by Crippen LogP contribution is -2.39. The number of hydrogen-bond donors (Lipinski definition) is 4. The number of hydrogen-bond acceptors (Lipinski definition) is 6. The van der Waals surface area contributed by atoms with Gasteiger partial charge in [-0.2, -0.15) is 4.98 Å². The summed E-state index contributed by atoms with van der Waals surface area (Å²) >= 11 is 0. The van der Waals surface area contributed by atoms with Crippen molar-refractivity contribution in [3.63, 3.8) is 0 Å². The molecule has 0 saturated carbocycles. The third-order valence-electron chi connectivity index (χ3n) is 3.24. The van der Waals surface area contributed by atoms with Crippen LogP contribution in [0.1, 0.15) is 13.8 Å². The van der Waals surface area contributed by atoms with Crippen molar-refractivity contribution in [1.29, 1.82) is 0 Å². The zero-order valence-electron chi connectivity index (χ0n) is 14.2. The minimum atomic E-state index is -4.18. The van der Waals surface area contributed by atoms with Crippen molar-refractivity contribution in [1.82, 2.24) is 15.0 Å². The summed E-state index contributed by atoms with van der Waals surface area (Å²) in [5, 5.41) is 3.20. The summed E-state index contributed by atoms with van der Waals surface area (Å²) in [6, 6.07) is 0. The molecule has 0 saturated heterocycles. The van der Waals surface area contributed by atoms with Crippen LogP contribution in [0.5, 0.6) is 0 Å². The van der Waals surface area contributed by atoms with E-state index in [4.69, 9.17) is 14.5 Å². The van der Waals surface area contributed by atoms with Gasteiger partial charge in [-0.05, 0) is 13.8 Å². The maximum absolute atomic E-state index is 10.9. The van der Waals surface area contributed by atoms with Crippen LogP contribution in [0.4, 0.5) is 11.8 Å². The summed E-state index contributed by atoms with van der Waals surface area (Å²) in [4.78, 5) is 31.7. The highest BCUT2D eigenvalue weighted by atomic mass is 31.2. The molecule has 24 heavy (non-hydrogen) atoms. The van der Waals surface area contributed by atoms with Crippen molar-refractivity contribution >= 4 is 30.5 Å². The normalized spacial score (nSPS) is 13.2. The van der Waals surface area contributed by atoms with Gasteiger partial charge in [-0.3, -0.25) is 9.55 Å². The molecule has 0 aromatic carbocycles. The van der Waals surface area contributed by atoms with Crippen molar-refractivity contribution in [2.45, 2.75) is 26.5 Å². The first-order valence-electron chi connectivity index (χ1n) is 7.57. The molecule has 0 spiro atoms. The first kappa shape index (κ1) is 18.6. The molecule has 2 aromatic heterocycles. The van der Waals surface area contributed by atoms with Gasteiger partial charge in [-0.15, -0.1) is 0 Å². The molecule has 0 aliphatic rings. The Balaban J connectivity index is 2.29. The summed E-state index contributed by atoms with van der Waals surface area (Å²) in [5.74, 6) is 1.27. The second-order valence-corrected chi connectivity index (χ2v) is 7.28. The molecule has 0 bridgehead atoms. The van der Waals surface area contributed by atoms with Gasteiger partial charge in [-0.25, -0.2) is 4.57 Å². The average molecular weight is 359 g/mol. The first-order chi connectivity index (χ1) is 11.2. The molecule has 0 amide bonds. The maximum Gasteiger partial charge on any atom is 0.350 e. The monoisotopic (exact) mass is 359 g/mol. The summed E-state index contributed by atoms with van der Waals surface area (Å²) in [5.41, 5.74) is 1.46. The predicted octanol–water partition coefficient (Wildman–Crippen LogP) is 0.283. The Morgan fingerprint density at radius 3 is 2.75 bits per heavy atom. The molecule has 2 aromatic rings. The fourth-order valence-electron chi connectivity index (χ4n) is 2.17. The number of H-pyrrole nitrogens is 1. The predicted molar refractivity (Wildman–Crippen MR) is 90.0 cm³/mol. The molecule has 2 heterocycles. The molecule has 2 rings (SSSR count). The Morgan fingerprint density at radius 2 is 2.17 bits per heavy atom. The summed E-state index contributed by atoms with van der Waals surface area (Å²) in [6.07, 6.45) is 0.760. The molecular weight excluding hydrogens is 335 g/mol. The standard InChI is InChI=1S/C13H23N6O4P/c1-5-14-11-10-12(17-13(16-11)18(3)4)19(7-15-10)6-9(2)23-8-24(20,21)22/h7,9H,5-6,8H2,1-4H3,(H3,14,16,17,20,21,22)/p+1/t9-/m1/s1. The third kappa shape index (κ3) is 4.64. The van der Waals surface area contributed by atoms with Gasteiger partial charge in [0, 0.05) is 20.6 Å². The quantitative estimate of drug-likeness (QED) is 0.391. The van der Waals surface area contributed by atoms with E-state index >= 15 is 0 Å². The summed E-state index contributed by atoms with van der Waals surface area (Å²) in [6.45, 7) is 4.86. The highest BCUT2D eigenvalue weighted by Crippen LogP contribution is 2.34. The molecule has 1 atom stereocenters. The lowest BCUT2D eigenvalue weighted by molar-refractivity contribution is -0.679. The number of aromatic amines is 1. The number of nitrogens with one attached hydrogen (secondary N) is 2. The molecule has 4 N–H and O–H groups in total. The number of rotatable bonds is 8. The van der Waals surface area contributed by atoms with Crippen molar-refractivity contribution in [2.75, 3.05) is 37.2 Å². The molecular formula is C13H24N6O4P+. The Bertz CT molecular complexity index is 743. The summed E-state index contributed by atoms with van der Waals surface area (Å²) in [7, 11) is -0.455. The molecule has 0 aliphatic heterocycles. The fraction of sp³-hybridized carbons (Fsp3) is 0.615. The second-order valence-electron chi connectivity index (χ2n) is 5.69. The highest BCUT2D eigenvalue weighted by Gasteiger charge is 2.22. The van der Waals surface area contributed by atoms with Crippen LogP contribution in [0.3, 0.4) is 0 Å². The largest absolute Gasteiger partial charge is 0.367 e. The molecule has 134 valence electrons. The van der Waals surface area contributed by atoms with Gasteiger partial charge in [0.25, 0.3) is 0 Å². The molecule has 10 nitrogen and oxygen atoms in total. The Kier molecular flexibility index (Phi) is 5.76.